The molecule has 4 heterocycles. The molecule has 0 spiro atoms. The molecule has 2 N–H and O–H groups in total. The Morgan fingerprint density at radius 1 is 1.25 bits per heavy atom. The number of anilines is 1. The van der Waals surface area contributed by atoms with E-state index >= 15 is 0 Å². The van der Waals surface area contributed by atoms with Gasteiger partial charge in [-0.3, -0.25) is 4.90 Å². The van der Waals surface area contributed by atoms with Crippen molar-refractivity contribution in [3.8, 4) is 0 Å². The van der Waals surface area contributed by atoms with Gasteiger partial charge in [-0.05, 0) is 56.1 Å². The Labute approximate surface area is 141 Å². The molecular formula is C19H21N5. The Morgan fingerprint density at radius 3 is 3.00 bits per heavy atom. The molecule has 5 rings (SSSR count). The number of nitrogens with zero attached hydrogens (tertiary/aromatic N) is 3. The van der Waals surface area contributed by atoms with Crippen LogP contribution in [0, 0.1) is 6.92 Å². The molecule has 1 fully saturated rings. The van der Waals surface area contributed by atoms with E-state index in [0.717, 1.165) is 30.0 Å². The van der Waals surface area contributed by atoms with Gasteiger partial charge in [-0.1, -0.05) is 12.1 Å². The van der Waals surface area contributed by atoms with Gasteiger partial charge in [-0.2, -0.15) is 0 Å². The Kier molecular flexibility index (Phi) is 3.10. The lowest BCUT2D eigenvalue weighted by Gasteiger charge is -2.30. The van der Waals surface area contributed by atoms with Crippen molar-refractivity contribution >= 4 is 16.9 Å². The molecule has 3 aromatic rings. The molecule has 2 aliphatic rings. The van der Waals surface area contributed by atoms with Crippen LogP contribution in [0.25, 0.3) is 11.2 Å². The number of fused-ring (bicyclic) bond motifs is 2. The lowest BCUT2D eigenvalue weighted by atomic mass is 10.0. The van der Waals surface area contributed by atoms with Crippen molar-refractivity contribution in [3.63, 3.8) is 0 Å². The molecule has 122 valence electrons. The van der Waals surface area contributed by atoms with Gasteiger partial charge in [0.25, 0.3) is 0 Å². The van der Waals surface area contributed by atoms with Gasteiger partial charge in [0.05, 0.1) is 11.6 Å². The van der Waals surface area contributed by atoms with Crippen molar-refractivity contribution in [2.24, 2.45) is 0 Å². The molecule has 0 bridgehead atoms. The number of H-pyrrole nitrogens is 1. The number of benzene rings is 1. The molecule has 0 amide bonds. The highest BCUT2D eigenvalue weighted by Crippen LogP contribution is 2.36. The Bertz CT molecular complexity index is 909. The van der Waals surface area contributed by atoms with Crippen molar-refractivity contribution in [1.82, 2.24) is 19.9 Å². The zero-order valence-electron chi connectivity index (χ0n) is 13.8. The Balaban J connectivity index is 1.44. The number of pyridine rings is 1. The van der Waals surface area contributed by atoms with Crippen LogP contribution in [-0.2, 0) is 13.0 Å². The largest absolute Gasteiger partial charge is 0.378 e. The monoisotopic (exact) mass is 319 g/mol. The molecule has 1 unspecified atom stereocenters. The van der Waals surface area contributed by atoms with Crippen LogP contribution in [0.15, 0.2) is 30.5 Å². The molecule has 1 saturated heterocycles. The van der Waals surface area contributed by atoms with Gasteiger partial charge in [0.15, 0.2) is 5.65 Å². The van der Waals surface area contributed by atoms with Crippen molar-refractivity contribution in [2.45, 2.75) is 32.4 Å². The topological polar surface area (TPSA) is 56.8 Å². The standard InChI is InChI=1S/C19H21N5/c1-12-21-18-15(5-6-20-19(18)22-12)17-10-14-9-13(3-4-16(14)23-17)11-24-7-2-8-24/h3-6,9,17,23H,2,7-8,10-11H2,1H3,(H,20,21,22). The fourth-order valence-electron chi connectivity index (χ4n) is 3.84. The fourth-order valence-corrected chi connectivity index (χ4v) is 3.84. The first kappa shape index (κ1) is 14.0. The summed E-state index contributed by atoms with van der Waals surface area (Å²) in [7, 11) is 0. The molecule has 0 saturated carbocycles. The van der Waals surface area contributed by atoms with Gasteiger partial charge in [-0.25, -0.2) is 9.97 Å². The van der Waals surface area contributed by atoms with Crippen LogP contribution < -0.4 is 5.32 Å². The molecule has 5 heteroatoms. The summed E-state index contributed by atoms with van der Waals surface area (Å²) in [6, 6.07) is 9.25. The van der Waals surface area contributed by atoms with Crippen LogP contribution in [0.3, 0.4) is 0 Å². The van der Waals surface area contributed by atoms with Crippen LogP contribution in [0.4, 0.5) is 5.69 Å². The lowest BCUT2D eigenvalue weighted by molar-refractivity contribution is 0.172. The summed E-state index contributed by atoms with van der Waals surface area (Å²) >= 11 is 0. The molecule has 2 aromatic heterocycles. The second-order valence-electron chi connectivity index (χ2n) is 6.94. The van der Waals surface area contributed by atoms with Gasteiger partial charge < -0.3 is 10.3 Å². The third kappa shape index (κ3) is 2.27. The minimum atomic E-state index is 0.282. The van der Waals surface area contributed by atoms with Gasteiger partial charge in [0, 0.05) is 24.0 Å². The van der Waals surface area contributed by atoms with Crippen molar-refractivity contribution in [3.05, 3.63) is 53.0 Å². The molecule has 0 radical (unpaired) electrons. The maximum Gasteiger partial charge on any atom is 0.178 e. The van der Waals surface area contributed by atoms with Gasteiger partial charge >= 0.3 is 0 Å². The predicted octanol–water partition coefficient (Wildman–Crippen LogP) is 3.18. The SMILES string of the molecule is Cc1nc2nccc(C3Cc4cc(CN5CCC5)ccc4N3)c2[nH]1. The smallest absolute Gasteiger partial charge is 0.178 e. The average molecular weight is 319 g/mol. The molecule has 5 nitrogen and oxygen atoms in total. The number of rotatable bonds is 3. The van der Waals surface area contributed by atoms with Crippen LogP contribution in [0.1, 0.15) is 35.0 Å². The molecule has 0 aliphatic carbocycles. The summed E-state index contributed by atoms with van der Waals surface area (Å²) in [6.45, 7) is 5.54. The third-order valence-electron chi connectivity index (χ3n) is 5.20. The second-order valence-corrected chi connectivity index (χ2v) is 6.94. The molecule has 1 aromatic carbocycles. The summed E-state index contributed by atoms with van der Waals surface area (Å²) < 4.78 is 0. The Morgan fingerprint density at radius 2 is 2.17 bits per heavy atom. The van der Waals surface area contributed by atoms with E-state index in [1.807, 2.05) is 13.1 Å². The number of aromatic amines is 1. The number of nitrogens with one attached hydrogen (secondary N) is 2. The number of hydrogen-bond acceptors (Lipinski definition) is 4. The van der Waals surface area contributed by atoms with E-state index in [2.05, 4.69) is 49.4 Å². The highest BCUT2D eigenvalue weighted by atomic mass is 15.2. The van der Waals surface area contributed by atoms with E-state index in [0.29, 0.717) is 0 Å². The minimum absolute atomic E-state index is 0.282. The quantitative estimate of drug-likeness (QED) is 0.778. The number of aromatic nitrogens is 3. The molecule has 2 aliphatic heterocycles. The number of imidazole rings is 1. The van der Waals surface area contributed by atoms with Gasteiger partial charge in [0.1, 0.15) is 5.82 Å². The maximum absolute atomic E-state index is 4.46. The normalized spacial score (nSPS) is 20.0. The van der Waals surface area contributed by atoms with E-state index in [1.54, 1.807) is 0 Å². The number of aryl methyl sites for hydroxylation is 1. The van der Waals surface area contributed by atoms with Gasteiger partial charge in [-0.15, -0.1) is 0 Å². The molecule has 1 atom stereocenters. The zero-order chi connectivity index (χ0) is 16.1. The summed E-state index contributed by atoms with van der Waals surface area (Å²) in [5.74, 6) is 0.914. The van der Waals surface area contributed by atoms with E-state index in [1.165, 1.54) is 41.9 Å². The first-order chi connectivity index (χ1) is 11.8. The first-order valence-corrected chi connectivity index (χ1v) is 8.68. The number of hydrogen-bond donors (Lipinski definition) is 2. The van der Waals surface area contributed by atoms with Gasteiger partial charge in [0.2, 0.25) is 0 Å². The highest BCUT2D eigenvalue weighted by Gasteiger charge is 2.25. The Hall–Kier alpha value is -2.40. The van der Waals surface area contributed by atoms with Crippen LogP contribution in [0.5, 0.6) is 0 Å². The summed E-state index contributed by atoms with van der Waals surface area (Å²) in [5.41, 5.74) is 7.21. The van der Waals surface area contributed by atoms with Crippen LogP contribution in [0.2, 0.25) is 0 Å². The van der Waals surface area contributed by atoms with Crippen LogP contribution in [-0.4, -0.2) is 32.9 Å². The second kappa shape index (κ2) is 5.31. The maximum atomic E-state index is 4.46. The van der Waals surface area contributed by atoms with E-state index in [9.17, 15) is 0 Å². The zero-order valence-corrected chi connectivity index (χ0v) is 13.8. The molecular weight excluding hydrogens is 298 g/mol. The molecule has 24 heavy (non-hydrogen) atoms. The lowest BCUT2D eigenvalue weighted by Crippen LogP contribution is -2.36. The third-order valence-corrected chi connectivity index (χ3v) is 5.20. The van der Waals surface area contributed by atoms with E-state index in [-0.39, 0.29) is 6.04 Å². The highest BCUT2D eigenvalue weighted by molar-refractivity contribution is 5.77. The number of likely N-dealkylation sites (tertiary alicyclic amines) is 1. The predicted molar refractivity (Wildman–Crippen MR) is 95.0 cm³/mol. The average Bonchev–Trinajstić information content (AvgIpc) is 3.12. The summed E-state index contributed by atoms with van der Waals surface area (Å²) in [5, 5.41) is 3.67. The van der Waals surface area contributed by atoms with E-state index < -0.39 is 0 Å². The van der Waals surface area contributed by atoms with Crippen molar-refractivity contribution in [1.29, 1.82) is 0 Å². The van der Waals surface area contributed by atoms with Crippen molar-refractivity contribution in [2.75, 3.05) is 18.4 Å². The minimum Gasteiger partial charge on any atom is -0.378 e. The van der Waals surface area contributed by atoms with E-state index in [4.69, 9.17) is 0 Å². The summed E-state index contributed by atoms with van der Waals surface area (Å²) in [6.07, 6.45) is 4.22. The van der Waals surface area contributed by atoms with Crippen molar-refractivity contribution < 1.29 is 0 Å². The fraction of sp³-hybridized carbons (Fsp3) is 0.368. The summed E-state index contributed by atoms with van der Waals surface area (Å²) in [4.78, 5) is 14.7. The first-order valence-electron chi connectivity index (χ1n) is 8.68. The van der Waals surface area contributed by atoms with Crippen LogP contribution >= 0.6 is 0 Å².